The van der Waals surface area contributed by atoms with Gasteiger partial charge in [0.2, 0.25) is 5.91 Å². The lowest BCUT2D eigenvalue weighted by Gasteiger charge is -2.11. The second kappa shape index (κ2) is 7.12. The Morgan fingerprint density at radius 3 is 2.27 bits per heavy atom. The summed E-state index contributed by atoms with van der Waals surface area (Å²) in [6.07, 6.45) is 0.445. The summed E-state index contributed by atoms with van der Waals surface area (Å²) in [4.78, 5) is 12.0. The predicted octanol–water partition coefficient (Wildman–Crippen LogP) is 4.36. The maximum absolute atomic E-state index is 12.0. The maximum atomic E-state index is 12.0. The van der Waals surface area contributed by atoms with E-state index in [9.17, 15) is 4.79 Å². The number of hydrogen-bond acceptors (Lipinski definition) is 2. The highest BCUT2D eigenvalue weighted by atomic mass is 16.1. The van der Waals surface area contributed by atoms with Crippen LogP contribution in [0.15, 0.2) is 36.4 Å². The molecule has 0 unspecified atom stereocenters. The second-order valence-electron chi connectivity index (χ2n) is 5.92. The summed E-state index contributed by atoms with van der Waals surface area (Å²) >= 11 is 0. The van der Waals surface area contributed by atoms with Gasteiger partial charge in [-0.1, -0.05) is 18.2 Å². The first-order chi connectivity index (χ1) is 10.4. The largest absolute Gasteiger partial charge is 0.384 e. The molecule has 0 heterocycles. The van der Waals surface area contributed by atoms with Gasteiger partial charge in [0.1, 0.15) is 0 Å². The number of anilines is 2. The number of carbonyl (C=O) groups is 1. The van der Waals surface area contributed by atoms with E-state index < -0.39 is 0 Å². The molecule has 2 aromatic carbocycles. The first-order valence-electron chi connectivity index (χ1n) is 7.63. The Morgan fingerprint density at radius 2 is 1.59 bits per heavy atom. The molecule has 0 radical (unpaired) electrons. The van der Waals surface area contributed by atoms with E-state index in [-0.39, 0.29) is 5.91 Å². The minimum Gasteiger partial charge on any atom is -0.384 e. The molecule has 0 saturated carbocycles. The van der Waals surface area contributed by atoms with Gasteiger partial charge in [-0.2, -0.15) is 0 Å². The standard InChI is InChI=1S/C19H24N2O/c1-13-5-6-16(4)18(12-13)20-8-7-19(22)21-17-10-14(2)9-15(3)11-17/h5-6,9-12,20H,7-8H2,1-4H3,(H,21,22). The number of nitrogens with one attached hydrogen (secondary N) is 2. The van der Waals surface area contributed by atoms with Crippen LogP contribution in [0.2, 0.25) is 0 Å². The van der Waals surface area contributed by atoms with Gasteiger partial charge in [0.05, 0.1) is 0 Å². The SMILES string of the molecule is Cc1cc(C)cc(NC(=O)CCNc2cc(C)ccc2C)c1. The smallest absolute Gasteiger partial charge is 0.226 e. The Labute approximate surface area is 132 Å². The van der Waals surface area contributed by atoms with Crippen molar-refractivity contribution in [3.8, 4) is 0 Å². The van der Waals surface area contributed by atoms with Crippen molar-refractivity contribution < 1.29 is 4.79 Å². The molecule has 1 amide bonds. The molecule has 0 spiro atoms. The topological polar surface area (TPSA) is 41.1 Å². The fourth-order valence-corrected chi connectivity index (χ4v) is 2.51. The fraction of sp³-hybridized carbons (Fsp3) is 0.316. The lowest BCUT2D eigenvalue weighted by atomic mass is 10.1. The van der Waals surface area contributed by atoms with Gasteiger partial charge < -0.3 is 10.6 Å². The van der Waals surface area contributed by atoms with Crippen molar-refractivity contribution >= 4 is 17.3 Å². The number of benzene rings is 2. The van der Waals surface area contributed by atoms with Crippen molar-refractivity contribution in [2.75, 3.05) is 17.2 Å². The third-order valence-electron chi connectivity index (χ3n) is 3.57. The van der Waals surface area contributed by atoms with Crippen LogP contribution < -0.4 is 10.6 Å². The average molecular weight is 296 g/mol. The van der Waals surface area contributed by atoms with E-state index in [1.807, 2.05) is 26.0 Å². The third-order valence-corrected chi connectivity index (χ3v) is 3.57. The molecule has 0 fully saturated rings. The Morgan fingerprint density at radius 1 is 0.909 bits per heavy atom. The first kappa shape index (κ1) is 16.1. The molecule has 3 heteroatoms. The van der Waals surface area contributed by atoms with E-state index in [2.05, 4.69) is 48.7 Å². The van der Waals surface area contributed by atoms with Crippen LogP contribution in [0.3, 0.4) is 0 Å². The van der Waals surface area contributed by atoms with Crippen LogP contribution in [-0.4, -0.2) is 12.5 Å². The lowest BCUT2D eigenvalue weighted by Crippen LogP contribution is -2.16. The fourth-order valence-electron chi connectivity index (χ4n) is 2.51. The quantitative estimate of drug-likeness (QED) is 0.860. The van der Waals surface area contributed by atoms with Crippen LogP contribution >= 0.6 is 0 Å². The summed E-state index contributed by atoms with van der Waals surface area (Å²) in [5.74, 6) is 0.0304. The predicted molar refractivity (Wildman–Crippen MR) is 93.6 cm³/mol. The molecule has 0 atom stereocenters. The summed E-state index contributed by atoms with van der Waals surface area (Å²) in [6, 6.07) is 12.4. The molecule has 2 N–H and O–H groups in total. The average Bonchev–Trinajstić information content (AvgIpc) is 2.41. The summed E-state index contributed by atoms with van der Waals surface area (Å²) < 4.78 is 0. The Bertz CT molecular complexity index is 657. The van der Waals surface area contributed by atoms with Crippen LogP contribution in [-0.2, 0) is 4.79 Å². The van der Waals surface area contributed by atoms with E-state index in [1.54, 1.807) is 0 Å². The highest BCUT2D eigenvalue weighted by molar-refractivity contribution is 5.91. The molecule has 0 aliphatic carbocycles. The van der Waals surface area contributed by atoms with Crippen molar-refractivity contribution in [1.82, 2.24) is 0 Å². The molecule has 2 aromatic rings. The zero-order valence-electron chi connectivity index (χ0n) is 13.8. The monoisotopic (exact) mass is 296 g/mol. The van der Waals surface area contributed by atoms with Crippen LogP contribution in [0.5, 0.6) is 0 Å². The Kier molecular flexibility index (Phi) is 5.21. The Balaban J connectivity index is 1.86. The van der Waals surface area contributed by atoms with Crippen molar-refractivity contribution in [2.45, 2.75) is 34.1 Å². The van der Waals surface area contributed by atoms with Gasteiger partial charge in [0.25, 0.3) is 0 Å². The second-order valence-corrected chi connectivity index (χ2v) is 5.92. The number of hydrogen-bond donors (Lipinski definition) is 2. The number of amides is 1. The van der Waals surface area contributed by atoms with Crippen molar-refractivity contribution in [3.05, 3.63) is 58.7 Å². The summed E-state index contributed by atoms with van der Waals surface area (Å²) in [7, 11) is 0. The van der Waals surface area contributed by atoms with E-state index in [4.69, 9.17) is 0 Å². The normalized spacial score (nSPS) is 10.4. The molecule has 0 saturated heterocycles. The third kappa shape index (κ3) is 4.62. The molecule has 0 bridgehead atoms. The first-order valence-corrected chi connectivity index (χ1v) is 7.63. The van der Waals surface area contributed by atoms with Crippen LogP contribution in [0.25, 0.3) is 0 Å². The molecule has 2 rings (SSSR count). The van der Waals surface area contributed by atoms with E-state index >= 15 is 0 Å². The minimum absolute atomic E-state index is 0.0304. The van der Waals surface area contributed by atoms with Crippen molar-refractivity contribution in [3.63, 3.8) is 0 Å². The van der Waals surface area contributed by atoms with Crippen LogP contribution in [0.4, 0.5) is 11.4 Å². The molecular formula is C19H24N2O. The van der Waals surface area contributed by atoms with Gasteiger partial charge in [-0.3, -0.25) is 4.79 Å². The zero-order valence-corrected chi connectivity index (χ0v) is 13.8. The van der Waals surface area contributed by atoms with Gasteiger partial charge in [0.15, 0.2) is 0 Å². The van der Waals surface area contributed by atoms with Gasteiger partial charge in [-0.15, -0.1) is 0 Å². The van der Waals surface area contributed by atoms with Gasteiger partial charge >= 0.3 is 0 Å². The highest BCUT2D eigenvalue weighted by Crippen LogP contribution is 2.17. The molecular weight excluding hydrogens is 272 g/mol. The number of aryl methyl sites for hydroxylation is 4. The zero-order chi connectivity index (χ0) is 16.1. The highest BCUT2D eigenvalue weighted by Gasteiger charge is 2.04. The maximum Gasteiger partial charge on any atom is 0.226 e. The van der Waals surface area contributed by atoms with E-state index in [0.29, 0.717) is 13.0 Å². The lowest BCUT2D eigenvalue weighted by molar-refractivity contribution is -0.115. The van der Waals surface area contributed by atoms with Gasteiger partial charge in [-0.25, -0.2) is 0 Å². The van der Waals surface area contributed by atoms with Crippen molar-refractivity contribution in [2.24, 2.45) is 0 Å². The van der Waals surface area contributed by atoms with Gasteiger partial charge in [-0.05, 0) is 68.1 Å². The van der Waals surface area contributed by atoms with E-state index in [1.165, 1.54) is 11.1 Å². The molecule has 3 nitrogen and oxygen atoms in total. The summed E-state index contributed by atoms with van der Waals surface area (Å²) in [5.41, 5.74) is 6.69. The minimum atomic E-state index is 0.0304. The van der Waals surface area contributed by atoms with Gasteiger partial charge in [0, 0.05) is 24.3 Å². The number of rotatable bonds is 5. The van der Waals surface area contributed by atoms with Crippen LogP contribution in [0.1, 0.15) is 28.7 Å². The Hall–Kier alpha value is -2.29. The molecule has 0 aliphatic heterocycles. The summed E-state index contributed by atoms with van der Waals surface area (Å²) in [6.45, 7) is 8.82. The number of carbonyl (C=O) groups excluding carboxylic acids is 1. The van der Waals surface area contributed by atoms with Crippen molar-refractivity contribution in [1.29, 1.82) is 0 Å². The summed E-state index contributed by atoms with van der Waals surface area (Å²) in [5, 5.41) is 6.29. The molecule has 116 valence electrons. The molecule has 0 aromatic heterocycles. The molecule has 22 heavy (non-hydrogen) atoms. The van der Waals surface area contributed by atoms with Crippen LogP contribution in [0, 0.1) is 27.7 Å². The molecule has 0 aliphatic rings. The van der Waals surface area contributed by atoms with E-state index in [0.717, 1.165) is 22.5 Å².